The predicted molar refractivity (Wildman–Crippen MR) is 110 cm³/mol. The molecule has 1 amide bonds. The first-order valence-corrected chi connectivity index (χ1v) is 9.47. The molecule has 7 heteroatoms. The van der Waals surface area contributed by atoms with Crippen molar-refractivity contribution in [2.24, 2.45) is 0 Å². The van der Waals surface area contributed by atoms with Crippen LogP contribution in [0, 0.1) is 6.92 Å². The van der Waals surface area contributed by atoms with Crippen LogP contribution >= 0.6 is 0 Å². The maximum atomic E-state index is 13.0. The van der Waals surface area contributed by atoms with Crippen molar-refractivity contribution in [3.8, 4) is 11.5 Å². The molecule has 2 aromatic carbocycles. The number of carbonyl (C=O) groups is 1. The van der Waals surface area contributed by atoms with Gasteiger partial charge < -0.3 is 19.7 Å². The minimum absolute atomic E-state index is 0.161. The van der Waals surface area contributed by atoms with Gasteiger partial charge in [0.15, 0.2) is 11.5 Å². The molecule has 1 aliphatic rings. The van der Waals surface area contributed by atoms with Crippen molar-refractivity contribution in [2.45, 2.75) is 20.4 Å². The Kier molecular flexibility index (Phi) is 5.29. The van der Waals surface area contributed by atoms with E-state index in [1.807, 2.05) is 56.3 Å². The van der Waals surface area contributed by atoms with Crippen LogP contribution in [0.25, 0.3) is 0 Å². The first-order chi connectivity index (χ1) is 14.1. The smallest absolute Gasteiger partial charge is 0.277 e. The molecule has 3 aromatic rings. The van der Waals surface area contributed by atoms with E-state index in [9.17, 15) is 4.79 Å². The Morgan fingerprint density at radius 3 is 2.79 bits per heavy atom. The van der Waals surface area contributed by atoms with Crippen LogP contribution in [-0.4, -0.2) is 29.2 Å². The number of amides is 1. The quantitative estimate of drug-likeness (QED) is 0.690. The first-order valence-electron chi connectivity index (χ1n) is 9.47. The Morgan fingerprint density at radius 1 is 1.10 bits per heavy atom. The van der Waals surface area contributed by atoms with Crippen molar-refractivity contribution in [1.29, 1.82) is 0 Å². The number of benzene rings is 2. The molecule has 1 aromatic heterocycles. The van der Waals surface area contributed by atoms with E-state index in [4.69, 9.17) is 9.47 Å². The highest BCUT2D eigenvalue weighted by atomic mass is 16.7. The molecule has 0 spiro atoms. The number of nitrogens with one attached hydrogen (secondary N) is 1. The standard InChI is InChI=1S/C22H22N4O3/c1-3-26(17-6-4-5-15(2)9-17)22(27)18-11-21(25-13-24-18)23-12-16-7-8-19-20(10-16)29-14-28-19/h4-11,13H,3,12,14H2,1-2H3,(H,23,24,25). The topological polar surface area (TPSA) is 76.6 Å². The van der Waals surface area contributed by atoms with Gasteiger partial charge in [-0.1, -0.05) is 18.2 Å². The van der Waals surface area contributed by atoms with Crippen molar-refractivity contribution in [3.05, 3.63) is 71.7 Å². The molecular formula is C22H22N4O3. The SMILES string of the molecule is CCN(C(=O)c1cc(NCc2ccc3c(c2)OCO3)ncn1)c1cccc(C)c1. The second kappa shape index (κ2) is 8.18. The molecule has 0 atom stereocenters. The van der Waals surface area contributed by atoms with Crippen LogP contribution in [0.4, 0.5) is 11.5 Å². The van der Waals surface area contributed by atoms with Gasteiger partial charge in [0.05, 0.1) is 0 Å². The van der Waals surface area contributed by atoms with Crippen molar-refractivity contribution in [3.63, 3.8) is 0 Å². The van der Waals surface area contributed by atoms with Crippen LogP contribution in [0.3, 0.4) is 0 Å². The highest BCUT2D eigenvalue weighted by molar-refractivity contribution is 6.05. The lowest BCUT2D eigenvalue weighted by Gasteiger charge is -2.21. The number of carbonyl (C=O) groups excluding carboxylic acids is 1. The monoisotopic (exact) mass is 390 g/mol. The van der Waals surface area contributed by atoms with Crippen molar-refractivity contribution >= 4 is 17.4 Å². The molecule has 0 unspecified atom stereocenters. The van der Waals surface area contributed by atoms with E-state index >= 15 is 0 Å². The molecule has 0 aliphatic carbocycles. The lowest BCUT2D eigenvalue weighted by molar-refractivity contribution is 0.0983. The van der Waals surface area contributed by atoms with Crippen molar-refractivity contribution < 1.29 is 14.3 Å². The molecule has 1 N–H and O–H groups in total. The Bertz CT molecular complexity index is 1040. The summed E-state index contributed by atoms with van der Waals surface area (Å²) in [4.78, 5) is 23.1. The number of hydrogen-bond donors (Lipinski definition) is 1. The van der Waals surface area contributed by atoms with Crippen LogP contribution < -0.4 is 19.7 Å². The minimum Gasteiger partial charge on any atom is -0.454 e. The Balaban J connectivity index is 1.48. The number of aryl methyl sites for hydroxylation is 1. The van der Waals surface area contributed by atoms with E-state index in [0.29, 0.717) is 24.6 Å². The summed E-state index contributed by atoms with van der Waals surface area (Å²) in [6.07, 6.45) is 1.40. The minimum atomic E-state index is -0.161. The normalized spacial score (nSPS) is 11.9. The fourth-order valence-electron chi connectivity index (χ4n) is 3.19. The summed E-state index contributed by atoms with van der Waals surface area (Å²) in [7, 11) is 0. The van der Waals surface area contributed by atoms with Crippen LogP contribution in [0.5, 0.6) is 11.5 Å². The van der Waals surface area contributed by atoms with Gasteiger partial charge in [0, 0.05) is 24.8 Å². The van der Waals surface area contributed by atoms with Crippen LogP contribution in [0.2, 0.25) is 0 Å². The molecular weight excluding hydrogens is 368 g/mol. The number of ether oxygens (including phenoxy) is 2. The predicted octanol–water partition coefficient (Wildman–Crippen LogP) is 3.79. The number of anilines is 2. The number of hydrogen-bond acceptors (Lipinski definition) is 6. The van der Waals surface area contributed by atoms with Gasteiger partial charge in [-0.2, -0.15) is 0 Å². The zero-order chi connectivity index (χ0) is 20.2. The summed E-state index contributed by atoms with van der Waals surface area (Å²) < 4.78 is 10.7. The van der Waals surface area contributed by atoms with Gasteiger partial charge in [-0.25, -0.2) is 9.97 Å². The molecule has 0 radical (unpaired) electrons. The van der Waals surface area contributed by atoms with E-state index < -0.39 is 0 Å². The number of aromatic nitrogens is 2. The molecule has 29 heavy (non-hydrogen) atoms. The van der Waals surface area contributed by atoms with Gasteiger partial charge in [-0.05, 0) is 49.2 Å². The van der Waals surface area contributed by atoms with Crippen molar-refractivity contribution in [1.82, 2.24) is 9.97 Å². The molecule has 0 saturated carbocycles. The van der Waals surface area contributed by atoms with Crippen LogP contribution in [0.15, 0.2) is 54.9 Å². The molecule has 0 fully saturated rings. The van der Waals surface area contributed by atoms with Gasteiger partial charge in [-0.3, -0.25) is 4.79 Å². The Labute approximate surface area is 169 Å². The van der Waals surface area contributed by atoms with Gasteiger partial charge in [0.25, 0.3) is 5.91 Å². The average Bonchev–Trinajstić information content (AvgIpc) is 3.21. The zero-order valence-electron chi connectivity index (χ0n) is 16.4. The van der Waals surface area contributed by atoms with Gasteiger partial charge in [0.2, 0.25) is 6.79 Å². The van der Waals surface area contributed by atoms with Gasteiger partial charge >= 0.3 is 0 Å². The number of nitrogens with zero attached hydrogens (tertiary/aromatic N) is 3. The van der Waals surface area contributed by atoms with Crippen molar-refractivity contribution in [2.75, 3.05) is 23.6 Å². The van der Waals surface area contributed by atoms with E-state index in [0.717, 1.165) is 28.3 Å². The van der Waals surface area contributed by atoms with Crippen LogP contribution in [-0.2, 0) is 6.54 Å². The molecule has 0 saturated heterocycles. The molecule has 0 bridgehead atoms. The average molecular weight is 390 g/mol. The summed E-state index contributed by atoms with van der Waals surface area (Å²) in [6.45, 7) is 5.28. The maximum Gasteiger partial charge on any atom is 0.277 e. The molecule has 148 valence electrons. The van der Waals surface area contributed by atoms with Gasteiger partial charge in [0.1, 0.15) is 17.8 Å². The Morgan fingerprint density at radius 2 is 1.97 bits per heavy atom. The van der Waals surface area contributed by atoms with E-state index in [-0.39, 0.29) is 12.7 Å². The maximum absolute atomic E-state index is 13.0. The zero-order valence-corrected chi connectivity index (χ0v) is 16.4. The summed E-state index contributed by atoms with van der Waals surface area (Å²) in [6, 6.07) is 15.3. The number of fused-ring (bicyclic) bond motifs is 1. The first kappa shape index (κ1) is 18.7. The third-order valence-corrected chi connectivity index (χ3v) is 4.67. The van der Waals surface area contributed by atoms with Crippen LogP contribution in [0.1, 0.15) is 28.5 Å². The molecule has 4 rings (SSSR count). The fourth-order valence-corrected chi connectivity index (χ4v) is 3.19. The number of rotatable bonds is 6. The third kappa shape index (κ3) is 4.13. The lowest BCUT2D eigenvalue weighted by atomic mass is 10.2. The van der Waals surface area contributed by atoms with Gasteiger partial charge in [-0.15, -0.1) is 0 Å². The second-order valence-electron chi connectivity index (χ2n) is 6.72. The third-order valence-electron chi connectivity index (χ3n) is 4.67. The Hall–Kier alpha value is -3.61. The molecule has 2 heterocycles. The fraction of sp³-hybridized carbons (Fsp3) is 0.227. The highest BCUT2D eigenvalue weighted by Gasteiger charge is 2.18. The summed E-state index contributed by atoms with van der Waals surface area (Å²) in [5.41, 5.74) is 3.32. The second-order valence-corrected chi connectivity index (χ2v) is 6.72. The largest absolute Gasteiger partial charge is 0.454 e. The van der Waals surface area contributed by atoms with E-state index in [2.05, 4.69) is 15.3 Å². The highest BCUT2D eigenvalue weighted by Crippen LogP contribution is 2.32. The van der Waals surface area contributed by atoms with E-state index in [1.165, 1.54) is 6.33 Å². The summed E-state index contributed by atoms with van der Waals surface area (Å²) >= 11 is 0. The summed E-state index contributed by atoms with van der Waals surface area (Å²) in [5.74, 6) is 1.91. The molecule has 1 aliphatic heterocycles. The lowest BCUT2D eigenvalue weighted by Crippen LogP contribution is -2.31. The van der Waals surface area contributed by atoms with E-state index in [1.54, 1.807) is 11.0 Å². The molecule has 7 nitrogen and oxygen atoms in total. The summed E-state index contributed by atoms with van der Waals surface area (Å²) in [5, 5.41) is 3.23.